The number of nitrogens with one attached hydrogen (secondary N) is 2. The van der Waals surface area contributed by atoms with Crippen molar-refractivity contribution in [3.63, 3.8) is 0 Å². The fourth-order valence-corrected chi connectivity index (χ4v) is 3.75. The summed E-state index contributed by atoms with van der Waals surface area (Å²) >= 11 is 0. The van der Waals surface area contributed by atoms with Crippen LogP contribution in [0.5, 0.6) is 0 Å². The minimum Gasteiger partial charge on any atom is -0.370 e. The van der Waals surface area contributed by atoms with Crippen molar-refractivity contribution in [3.05, 3.63) is 36.2 Å². The standard InChI is InChI=1S/C19H28N6/c1-2-4-10-24(9-3-1)18-6-5-16(13-21-18)11-20-12-17-14-22-19-7-8-23-25(19)15-17/h5-8,13,17,20,22H,1-4,9-12,14-15H2/t17-/m1/s1. The first-order chi connectivity index (χ1) is 12.4. The number of hydrogen-bond donors (Lipinski definition) is 2. The van der Waals surface area contributed by atoms with Crippen LogP contribution in [0.3, 0.4) is 0 Å². The van der Waals surface area contributed by atoms with Crippen LogP contribution < -0.4 is 15.5 Å². The third-order valence-corrected chi connectivity index (χ3v) is 5.22. The lowest BCUT2D eigenvalue weighted by Gasteiger charge is -2.25. The van der Waals surface area contributed by atoms with E-state index in [0.29, 0.717) is 5.92 Å². The molecule has 25 heavy (non-hydrogen) atoms. The van der Waals surface area contributed by atoms with Gasteiger partial charge in [0.1, 0.15) is 11.6 Å². The molecule has 0 radical (unpaired) electrons. The molecule has 0 saturated carbocycles. The zero-order valence-corrected chi connectivity index (χ0v) is 14.8. The Hall–Kier alpha value is -2.08. The van der Waals surface area contributed by atoms with E-state index in [0.717, 1.165) is 50.9 Å². The Bertz CT molecular complexity index is 657. The second-order valence-corrected chi connectivity index (χ2v) is 7.20. The summed E-state index contributed by atoms with van der Waals surface area (Å²) in [6.45, 7) is 6.14. The van der Waals surface area contributed by atoms with Crippen LogP contribution in [-0.4, -0.2) is 40.9 Å². The van der Waals surface area contributed by atoms with Crippen molar-refractivity contribution in [2.45, 2.75) is 38.8 Å². The summed E-state index contributed by atoms with van der Waals surface area (Å²) < 4.78 is 2.05. The Morgan fingerprint density at radius 2 is 2.00 bits per heavy atom. The van der Waals surface area contributed by atoms with Crippen molar-refractivity contribution in [1.29, 1.82) is 0 Å². The van der Waals surface area contributed by atoms with Gasteiger partial charge in [-0.2, -0.15) is 5.10 Å². The maximum atomic E-state index is 4.69. The van der Waals surface area contributed by atoms with Gasteiger partial charge in [0.2, 0.25) is 0 Å². The number of pyridine rings is 1. The Morgan fingerprint density at radius 1 is 1.12 bits per heavy atom. The maximum Gasteiger partial charge on any atom is 0.128 e. The van der Waals surface area contributed by atoms with Gasteiger partial charge < -0.3 is 15.5 Å². The monoisotopic (exact) mass is 340 g/mol. The van der Waals surface area contributed by atoms with Gasteiger partial charge in [0, 0.05) is 57.4 Å². The van der Waals surface area contributed by atoms with E-state index < -0.39 is 0 Å². The molecule has 4 rings (SSSR count). The molecule has 2 aliphatic heterocycles. The lowest BCUT2D eigenvalue weighted by molar-refractivity contribution is 0.391. The van der Waals surface area contributed by atoms with E-state index in [1.54, 1.807) is 0 Å². The van der Waals surface area contributed by atoms with Gasteiger partial charge in [-0.15, -0.1) is 0 Å². The van der Waals surface area contributed by atoms with Crippen LogP contribution in [-0.2, 0) is 13.1 Å². The number of nitrogens with zero attached hydrogens (tertiary/aromatic N) is 4. The lowest BCUT2D eigenvalue weighted by Crippen LogP contribution is -2.35. The van der Waals surface area contributed by atoms with Crippen molar-refractivity contribution >= 4 is 11.6 Å². The predicted molar refractivity (Wildman–Crippen MR) is 101 cm³/mol. The first kappa shape index (κ1) is 16.4. The van der Waals surface area contributed by atoms with Crippen molar-refractivity contribution in [3.8, 4) is 0 Å². The van der Waals surface area contributed by atoms with Crippen LogP contribution >= 0.6 is 0 Å². The highest BCUT2D eigenvalue weighted by molar-refractivity contribution is 5.39. The molecule has 0 spiro atoms. The average Bonchev–Trinajstić information content (AvgIpc) is 2.94. The second kappa shape index (κ2) is 7.87. The highest BCUT2D eigenvalue weighted by atomic mass is 15.3. The molecule has 0 aromatic carbocycles. The summed E-state index contributed by atoms with van der Waals surface area (Å²) in [6.07, 6.45) is 9.17. The molecule has 2 N–H and O–H groups in total. The third kappa shape index (κ3) is 4.12. The third-order valence-electron chi connectivity index (χ3n) is 5.22. The van der Waals surface area contributed by atoms with Gasteiger partial charge in [0.05, 0.1) is 6.20 Å². The minimum atomic E-state index is 0.566. The molecule has 2 aliphatic rings. The summed E-state index contributed by atoms with van der Waals surface area (Å²) in [7, 11) is 0. The van der Waals surface area contributed by atoms with E-state index >= 15 is 0 Å². The van der Waals surface area contributed by atoms with Crippen LogP contribution in [0.4, 0.5) is 11.6 Å². The van der Waals surface area contributed by atoms with Gasteiger partial charge in [-0.05, 0) is 24.5 Å². The molecule has 6 nitrogen and oxygen atoms in total. The zero-order chi connectivity index (χ0) is 16.9. The SMILES string of the molecule is c1cc2n(n1)C[C@H](CNCc1ccc(N3CCCCCC3)nc1)CN2. The molecule has 0 aliphatic carbocycles. The molecule has 0 amide bonds. The average molecular weight is 340 g/mol. The van der Waals surface area contributed by atoms with Crippen LogP contribution in [0, 0.1) is 5.92 Å². The van der Waals surface area contributed by atoms with E-state index in [9.17, 15) is 0 Å². The lowest BCUT2D eigenvalue weighted by atomic mass is 10.1. The molecule has 0 bridgehead atoms. The quantitative estimate of drug-likeness (QED) is 0.876. The Balaban J connectivity index is 1.24. The van der Waals surface area contributed by atoms with Gasteiger partial charge in [-0.1, -0.05) is 18.9 Å². The first-order valence-corrected chi connectivity index (χ1v) is 9.55. The van der Waals surface area contributed by atoms with E-state index in [1.807, 2.05) is 23.1 Å². The van der Waals surface area contributed by atoms with Crippen LogP contribution in [0.2, 0.25) is 0 Å². The Morgan fingerprint density at radius 3 is 2.80 bits per heavy atom. The summed E-state index contributed by atoms with van der Waals surface area (Å²) in [6, 6.07) is 6.42. The maximum absolute atomic E-state index is 4.69. The highest BCUT2D eigenvalue weighted by Crippen LogP contribution is 2.18. The summed E-state index contributed by atoms with van der Waals surface area (Å²) in [5.41, 5.74) is 1.25. The van der Waals surface area contributed by atoms with Crippen LogP contribution in [0.15, 0.2) is 30.6 Å². The number of anilines is 2. The Labute approximate surface area is 149 Å². The summed E-state index contributed by atoms with van der Waals surface area (Å²) in [4.78, 5) is 7.12. The van der Waals surface area contributed by atoms with Crippen molar-refractivity contribution in [1.82, 2.24) is 20.1 Å². The highest BCUT2D eigenvalue weighted by Gasteiger charge is 2.17. The number of fused-ring (bicyclic) bond motifs is 1. The van der Waals surface area contributed by atoms with Crippen LogP contribution in [0.1, 0.15) is 31.2 Å². The molecule has 4 heterocycles. The van der Waals surface area contributed by atoms with Crippen LogP contribution in [0.25, 0.3) is 0 Å². The molecule has 2 aromatic heterocycles. The second-order valence-electron chi connectivity index (χ2n) is 7.20. The summed E-state index contributed by atoms with van der Waals surface area (Å²) in [5, 5.41) is 11.3. The molecule has 1 saturated heterocycles. The molecule has 6 heteroatoms. The van der Waals surface area contributed by atoms with Crippen molar-refractivity contribution in [2.75, 3.05) is 36.4 Å². The van der Waals surface area contributed by atoms with E-state index in [1.165, 1.54) is 31.2 Å². The summed E-state index contributed by atoms with van der Waals surface area (Å²) in [5.74, 6) is 2.83. The molecule has 1 fully saturated rings. The molecular formula is C19H28N6. The molecule has 134 valence electrons. The van der Waals surface area contributed by atoms with E-state index in [4.69, 9.17) is 4.98 Å². The van der Waals surface area contributed by atoms with E-state index in [2.05, 4.69) is 32.8 Å². The topological polar surface area (TPSA) is 58.0 Å². The molecule has 2 aromatic rings. The fourth-order valence-electron chi connectivity index (χ4n) is 3.75. The predicted octanol–water partition coefficient (Wildman–Crippen LogP) is 2.49. The Kier molecular flexibility index (Phi) is 5.16. The number of aromatic nitrogens is 3. The van der Waals surface area contributed by atoms with Crippen molar-refractivity contribution in [2.24, 2.45) is 5.92 Å². The largest absolute Gasteiger partial charge is 0.370 e. The minimum absolute atomic E-state index is 0.566. The number of rotatable bonds is 5. The van der Waals surface area contributed by atoms with Crippen molar-refractivity contribution < 1.29 is 0 Å². The number of hydrogen-bond acceptors (Lipinski definition) is 5. The van der Waals surface area contributed by atoms with E-state index in [-0.39, 0.29) is 0 Å². The normalized spacial score (nSPS) is 20.6. The smallest absolute Gasteiger partial charge is 0.128 e. The van der Waals surface area contributed by atoms with Gasteiger partial charge in [-0.25, -0.2) is 9.67 Å². The molecule has 1 atom stereocenters. The van der Waals surface area contributed by atoms with Gasteiger partial charge in [0.15, 0.2) is 0 Å². The first-order valence-electron chi connectivity index (χ1n) is 9.55. The molecule has 0 unspecified atom stereocenters. The fraction of sp³-hybridized carbons (Fsp3) is 0.579. The zero-order valence-electron chi connectivity index (χ0n) is 14.8. The molecular weight excluding hydrogens is 312 g/mol. The van der Waals surface area contributed by atoms with Gasteiger partial charge in [-0.3, -0.25) is 0 Å². The van der Waals surface area contributed by atoms with Gasteiger partial charge >= 0.3 is 0 Å². The van der Waals surface area contributed by atoms with Gasteiger partial charge in [0.25, 0.3) is 0 Å².